The van der Waals surface area contributed by atoms with Gasteiger partial charge in [-0.1, -0.05) is 37.4 Å². The van der Waals surface area contributed by atoms with Crippen LogP contribution in [-0.2, 0) is 0 Å². The Labute approximate surface area is 90.3 Å². The lowest BCUT2D eigenvalue weighted by molar-refractivity contribution is 0.0956. The Morgan fingerprint density at radius 2 is 2.13 bits per heavy atom. The van der Waals surface area contributed by atoms with Crippen LogP contribution in [0.1, 0.15) is 15.9 Å². The summed E-state index contributed by atoms with van der Waals surface area (Å²) in [7, 11) is 0. The van der Waals surface area contributed by atoms with Crippen molar-refractivity contribution in [3.63, 3.8) is 0 Å². The lowest BCUT2D eigenvalue weighted by Gasteiger charge is -2.06. The van der Waals surface area contributed by atoms with E-state index in [0.717, 1.165) is 11.1 Å². The van der Waals surface area contributed by atoms with Crippen LogP contribution >= 0.6 is 0 Å². The summed E-state index contributed by atoms with van der Waals surface area (Å²) in [5, 5.41) is 2.78. The first-order valence-electron chi connectivity index (χ1n) is 4.79. The van der Waals surface area contributed by atoms with Crippen LogP contribution in [0.2, 0.25) is 0 Å². The molecule has 78 valence electrons. The fourth-order valence-corrected chi connectivity index (χ4v) is 1.19. The number of benzene rings is 1. The molecule has 0 saturated heterocycles. The van der Waals surface area contributed by atoms with Gasteiger partial charge in [0.25, 0.3) is 5.91 Å². The van der Waals surface area contributed by atoms with Gasteiger partial charge in [0.2, 0.25) is 0 Å². The van der Waals surface area contributed by atoms with Gasteiger partial charge in [0.05, 0.1) is 0 Å². The van der Waals surface area contributed by atoms with Crippen LogP contribution in [0.4, 0.5) is 0 Å². The van der Waals surface area contributed by atoms with E-state index in [4.69, 9.17) is 0 Å². The van der Waals surface area contributed by atoms with E-state index in [-0.39, 0.29) is 5.91 Å². The van der Waals surface area contributed by atoms with E-state index < -0.39 is 0 Å². The molecule has 1 rings (SSSR count). The van der Waals surface area contributed by atoms with Gasteiger partial charge in [-0.25, -0.2) is 0 Å². The molecule has 0 aliphatic rings. The maximum atomic E-state index is 11.7. The van der Waals surface area contributed by atoms with Crippen LogP contribution in [0.25, 0.3) is 0 Å². The molecule has 0 aromatic heterocycles. The van der Waals surface area contributed by atoms with Gasteiger partial charge in [0.15, 0.2) is 0 Å². The topological polar surface area (TPSA) is 29.1 Å². The molecule has 0 unspecified atom stereocenters. The molecule has 0 fully saturated rings. The highest BCUT2D eigenvalue weighted by molar-refractivity contribution is 5.95. The minimum Gasteiger partial charge on any atom is -0.348 e. The van der Waals surface area contributed by atoms with E-state index >= 15 is 0 Å². The van der Waals surface area contributed by atoms with Gasteiger partial charge in [-0.2, -0.15) is 0 Å². The van der Waals surface area contributed by atoms with Gasteiger partial charge in [-0.15, -0.1) is 0 Å². The van der Waals surface area contributed by atoms with Crippen LogP contribution in [0.5, 0.6) is 0 Å². The predicted octanol–water partition coefficient (Wildman–Crippen LogP) is 2.47. The minimum absolute atomic E-state index is 0.0731. The molecule has 2 nitrogen and oxygen atoms in total. The summed E-state index contributed by atoms with van der Waals surface area (Å²) in [6.45, 7) is 9.66. The summed E-state index contributed by atoms with van der Waals surface area (Å²) in [4.78, 5) is 11.7. The summed E-state index contributed by atoms with van der Waals surface area (Å²) in [5.74, 6) is -0.0731. The van der Waals surface area contributed by atoms with Crippen molar-refractivity contribution in [1.82, 2.24) is 5.32 Å². The Hall–Kier alpha value is -1.83. The molecule has 0 aliphatic heterocycles. The molecule has 15 heavy (non-hydrogen) atoms. The molecule has 0 saturated carbocycles. The molecule has 0 atom stereocenters. The molecule has 0 heterocycles. The molecular weight excluding hydrogens is 186 g/mol. The predicted molar refractivity (Wildman–Crippen MR) is 62.8 cm³/mol. The number of nitrogens with one attached hydrogen (secondary N) is 1. The Balaban J connectivity index is 2.66. The van der Waals surface area contributed by atoms with Crippen molar-refractivity contribution >= 4 is 5.91 Å². The third-order valence-electron chi connectivity index (χ3n) is 2.15. The number of aryl methyl sites for hydroxylation is 1. The van der Waals surface area contributed by atoms with Crippen LogP contribution in [0.15, 0.2) is 49.1 Å². The fraction of sp³-hybridized carbons (Fsp3) is 0.154. The minimum atomic E-state index is -0.0731. The van der Waals surface area contributed by atoms with E-state index in [9.17, 15) is 4.79 Å². The number of hydrogen-bond acceptors (Lipinski definition) is 1. The summed E-state index contributed by atoms with van der Waals surface area (Å²) in [6.07, 6.45) is 1.64. The van der Waals surface area contributed by atoms with Crippen molar-refractivity contribution in [2.75, 3.05) is 6.54 Å². The molecule has 1 amide bonds. The number of rotatable bonds is 4. The van der Waals surface area contributed by atoms with Crippen LogP contribution in [0.3, 0.4) is 0 Å². The SMILES string of the molecule is C=CC(=C)CNC(=O)c1ccccc1C. The highest BCUT2D eigenvalue weighted by atomic mass is 16.1. The van der Waals surface area contributed by atoms with Crippen molar-refractivity contribution in [3.8, 4) is 0 Å². The standard InChI is InChI=1S/C13H15NO/c1-4-10(2)9-14-13(15)12-8-6-5-7-11(12)3/h4-8H,1-2,9H2,3H3,(H,14,15). The van der Waals surface area contributed by atoms with Crippen molar-refractivity contribution in [2.45, 2.75) is 6.92 Å². The van der Waals surface area contributed by atoms with Crippen LogP contribution in [-0.4, -0.2) is 12.5 Å². The van der Waals surface area contributed by atoms with E-state index in [1.807, 2.05) is 25.1 Å². The Kier molecular flexibility index (Phi) is 3.86. The first-order chi connectivity index (χ1) is 7.15. The molecule has 0 spiro atoms. The second-order valence-corrected chi connectivity index (χ2v) is 3.36. The molecular formula is C13H15NO. The third kappa shape index (κ3) is 3.09. The second kappa shape index (κ2) is 5.15. The smallest absolute Gasteiger partial charge is 0.251 e. The quantitative estimate of drug-likeness (QED) is 0.745. The van der Waals surface area contributed by atoms with Crippen molar-refractivity contribution in [1.29, 1.82) is 0 Å². The summed E-state index contributed by atoms with van der Waals surface area (Å²) < 4.78 is 0. The van der Waals surface area contributed by atoms with Crippen LogP contribution < -0.4 is 5.32 Å². The van der Waals surface area contributed by atoms with Crippen molar-refractivity contribution in [3.05, 3.63) is 60.2 Å². The average Bonchev–Trinajstić information content (AvgIpc) is 2.26. The van der Waals surface area contributed by atoms with E-state index in [0.29, 0.717) is 12.1 Å². The maximum Gasteiger partial charge on any atom is 0.251 e. The summed E-state index contributed by atoms with van der Waals surface area (Å²) in [5.41, 5.74) is 2.48. The largest absolute Gasteiger partial charge is 0.348 e. The molecule has 0 aliphatic carbocycles. The van der Waals surface area contributed by atoms with E-state index in [2.05, 4.69) is 18.5 Å². The lowest BCUT2D eigenvalue weighted by Crippen LogP contribution is -2.25. The number of hydrogen-bond donors (Lipinski definition) is 1. The van der Waals surface area contributed by atoms with Gasteiger partial charge in [0.1, 0.15) is 0 Å². The Morgan fingerprint density at radius 1 is 1.47 bits per heavy atom. The van der Waals surface area contributed by atoms with Crippen LogP contribution in [0, 0.1) is 6.92 Å². The number of carbonyl (C=O) groups excluding carboxylic acids is 1. The summed E-state index contributed by atoms with van der Waals surface area (Å²) in [6, 6.07) is 7.48. The zero-order chi connectivity index (χ0) is 11.3. The van der Waals surface area contributed by atoms with Crippen molar-refractivity contribution < 1.29 is 4.79 Å². The maximum absolute atomic E-state index is 11.7. The highest BCUT2D eigenvalue weighted by Crippen LogP contribution is 2.06. The third-order valence-corrected chi connectivity index (χ3v) is 2.15. The zero-order valence-corrected chi connectivity index (χ0v) is 8.92. The van der Waals surface area contributed by atoms with Gasteiger partial charge in [-0.3, -0.25) is 4.79 Å². The molecule has 1 aromatic carbocycles. The van der Waals surface area contributed by atoms with E-state index in [1.54, 1.807) is 12.1 Å². The van der Waals surface area contributed by atoms with Crippen molar-refractivity contribution in [2.24, 2.45) is 0 Å². The monoisotopic (exact) mass is 201 g/mol. The zero-order valence-electron chi connectivity index (χ0n) is 8.92. The highest BCUT2D eigenvalue weighted by Gasteiger charge is 2.06. The fourth-order valence-electron chi connectivity index (χ4n) is 1.19. The molecule has 1 aromatic rings. The second-order valence-electron chi connectivity index (χ2n) is 3.36. The molecule has 2 heteroatoms. The first-order valence-corrected chi connectivity index (χ1v) is 4.79. The Bertz CT molecular complexity index is 393. The number of carbonyl (C=O) groups is 1. The first kappa shape index (κ1) is 11.2. The molecule has 1 N–H and O–H groups in total. The molecule has 0 radical (unpaired) electrons. The van der Waals surface area contributed by atoms with Gasteiger partial charge in [-0.05, 0) is 24.1 Å². The number of amides is 1. The summed E-state index contributed by atoms with van der Waals surface area (Å²) >= 11 is 0. The average molecular weight is 201 g/mol. The Morgan fingerprint density at radius 3 is 2.73 bits per heavy atom. The lowest BCUT2D eigenvalue weighted by atomic mass is 10.1. The van der Waals surface area contributed by atoms with Gasteiger partial charge in [0, 0.05) is 12.1 Å². The van der Waals surface area contributed by atoms with E-state index in [1.165, 1.54) is 0 Å². The van der Waals surface area contributed by atoms with Gasteiger partial charge >= 0.3 is 0 Å². The normalized spacial score (nSPS) is 9.40. The van der Waals surface area contributed by atoms with Gasteiger partial charge < -0.3 is 5.32 Å². The molecule has 0 bridgehead atoms.